The second-order valence-electron chi connectivity index (χ2n) is 4.83. The van der Waals surface area contributed by atoms with Crippen molar-refractivity contribution in [1.29, 1.82) is 0 Å². The van der Waals surface area contributed by atoms with E-state index in [4.69, 9.17) is 23.1 Å². The minimum Gasteiger partial charge on any atom is -0.396 e. The minimum absolute atomic E-state index is 0.0315. The van der Waals surface area contributed by atoms with Gasteiger partial charge in [0.15, 0.2) is 0 Å². The van der Waals surface area contributed by atoms with Gasteiger partial charge < -0.3 is 15.7 Å². The van der Waals surface area contributed by atoms with Gasteiger partial charge in [0.25, 0.3) is 0 Å². The summed E-state index contributed by atoms with van der Waals surface area (Å²) in [7, 11) is 0. The SMILES string of the molecule is CC(C)C(C(=O)N(CCCO)C(C)C)C(N)=S. The van der Waals surface area contributed by atoms with Gasteiger partial charge in [-0.1, -0.05) is 26.1 Å². The van der Waals surface area contributed by atoms with Crippen molar-refractivity contribution in [2.75, 3.05) is 13.2 Å². The van der Waals surface area contributed by atoms with Crippen LogP contribution >= 0.6 is 12.2 Å². The van der Waals surface area contributed by atoms with Crippen LogP contribution in [0.3, 0.4) is 0 Å². The molecule has 0 saturated heterocycles. The van der Waals surface area contributed by atoms with Gasteiger partial charge in [0.2, 0.25) is 5.91 Å². The number of nitrogens with zero attached hydrogens (tertiary/aromatic N) is 1. The number of carbonyl (C=O) groups excluding carboxylic acids is 1. The van der Waals surface area contributed by atoms with E-state index in [0.29, 0.717) is 13.0 Å². The number of carbonyl (C=O) groups is 1. The summed E-state index contributed by atoms with van der Waals surface area (Å²) in [5.41, 5.74) is 5.64. The highest BCUT2D eigenvalue weighted by Crippen LogP contribution is 2.17. The van der Waals surface area contributed by atoms with Crippen LogP contribution in [0.5, 0.6) is 0 Å². The van der Waals surface area contributed by atoms with Crippen LogP contribution in [0, 0.1) is 11.8 Å². The van der Waals surface area contributed by atoms with Crippen molar-refractivity contribution in [1.82, 2.24) is 4.90 Å². The fourth-order valence-electron chi connectivity index (χ4n) is 1.78. The lowest BCUT2D eigenvalue weighted by Crippen LogP contribution is -2.47. The van der Waals surface area contributed by atoms with Crippen molar-refractivity contribution in [3.8, 4) is 0 Å². The third kappa shape index (κ3) is 5.00. The van der Waals surface area contributed by atoms with E-state index in [1.54, 1.807) is 4.90 Å². The van der Waals surface area contributed by atoms with Crippen molar-refractivity contribution in [2.24, 2.45) is 17.6 Å². The van der Waals surface area contributed by atoms with Gasteiger partial charge in [-0.15, -0.1) is 0 Å². The topological polar surface area (TPSA) is 66.6 Å². The predicted octanol–water partition coefficient (Wildman–Crippen LogP) is 1.16. The van der Waals surface area contributed by atoms with Crippen LogP contribution < -0.4 is 5.73 Å². The Morgan fingerprint density at radius 3 is 2.18 bits per heavy atom. The van der Waals surface area contributed by atoms with E-state index >= 15 is 0 Å². The maximum atomic E-state index is 12.4. The summed E-state index contributed by atoms with van der Waals surface area (Å²) in [5, 5.41) is 8.85. The standard InChI is InChI=1S/C12H24N2O2S/c1-8(2)10(11(13)17)12(16)14(9(3)4)6-5-7-15/h8-10,15H,5-7H2,1-4H3,(H2,13,17). The van der Waals surface area contributed by atoms with Crippen molar-refractivity contribution < 1.29 is 9.90 Å². The lowest BCUT2D eigenvalue weighted by atomic mass is 9.93. The highest BCUT2D eigenvalue weighted by atomic mass is 32.1. The zero-order valence-corrected chi connectivity index (χ0v) is 12.0. The molecule has 0 aromatic carbocycles. The number of rotatable bonds is 7. The highest BCUT2D eigenvalue weighted by molar-refractivity contribution is 7.80. The molecule has 1 unspecified atom stereocenters. The number of hydrogen-bond acceptors (Lipinski definition) is 3. The van der Waals surface area contributed by atoms with Crippen LogP contribution in [-0.2, 0) is 4.79 Å². The number of aliphatic hydroxyl groups excluding tert-OH is 1. The van der Waals surface area contributed by atoms with Crippen molar-refractivity contribution >= 4 is 23.1 Å². The summed E-state index contributed by atoms with van der Waals surface area (Å²) in [6, 6.07) is 0.0876. The summed E-state index contributed by atoms with van der Waals surface area (Å²) in [6.45, 7) is 8.39. The fourth-order valence-corrected chi connectivity index (χ4v) is 2.15. The Bertz CT molecular complexity index is 267. The molecule has 3 N–H and O–H groups in total. The fraction of sp³-hybridized carbons (Fsp3) is 0.833. The van der Waals surface area contributed by atoms with Gasteiger partial charge in [-0.05, 0) is 26.2 Å². The highest BCUT2D eigenvalue weighted by Gasteiger charge is 2.30. The van der Waals surface area contributed by atoms with Crippen molar-refractivity contribution in [3.05, 3.63) is 0 Å². The Labute approximate surface area is 109 Å². The molecule has 0 spiro atoms. The molecule has 0 radical (unpaired) electrons. The number of hydrogen-bond donors (Lipinski definition) is 2. The van der Waals surface area contributed by atoms with Crippen LogP contribution in [0.15, 0.2) is 0 Å². The number of amides is 1. The molecule has 0 fully saturated rings. The molecule has 100 valence electrons. The Hall–Kier alpha value is -0.680. The molecule has 0 aliphatic heterocycles. The first-order valence-electron chi connectivity index (χ1n) is 6.03. The summed E-state index contributed by atoms with van der Waals surface area (Å²) in [4.78, 5) is 14.3. The van der Waals surface area contributed by atoms with E-state index in [9.17, 15) is 4.79 Å². The molecule has 0 aromatic rings. The Balaban J connectivity index is 4.84. The largest absolute Gasteiger partial charge is 0.396 e. The molecule has 1 atom stereocenters. The summed E-state index contributed by atoms with van der Waals surface area (Å²) in [5.74, 6) is -0.350. The van der Waals surface area contributed by atoms with E-state index in [-0.39, 0.29) is 29.5 Å². The Morgan fingerprint density at radius 2 is 1.88 bits per heavy atom. The Kier molecular flexibility index (Phi) is 7.30. The molecule has 0 heterocycles. The van der Waals surface area contributed by atoms with Crippen molar-refractivity contribution in [2.45, 2.75) is 40.2 Å². The van der Waals surface area contributed by atoms with E-state index in [2.05, 4.69) is 0 Å². The third-order valence-electron chi connectivity index (χ3n) is 2.70. The monoisotopic (exact) mass is 260 g/mol. The number of thiocarbonyl (C=S) groups is 1. The molecule has 17 heavy (non-hydrogen) atoms. The van der Waals surface area contributed by atoms with E-state index in [1.807, 2.05) is 27.7 Å². The first-order chi connectivity index (χ1) is 7.82. The average Bonchev–Trinajstić information content (AvgIpc) is 2.16. The molecule has 0 aromatic heterocycles. The van der Waals surface area contributed by atoms with E-state index in [1.165, 1.54) is 0 Å². The zero-order valence-electron chi connectivity index (χ0n) is 11.1. The van der Waals surface area contributed by atoms with Gasteiger partial charge in [0.1, 0.15) is 0 Å². The summed E-state index contributed by atoms with van der Waals surface area (Å²) >= 11 is 4.97. The maximum absolute atomic E-state index is 12.4. The molecule has 0 aliphatic rings. The van der Waals surface area contributed by atoms with Crippen LogP contribution in [0.1, 0.15) is 34.1 Å². The van der Waals surface area contributed by atoms with Crippen molar-refractivity contribution in [3.63, 3.8) is 0 Å². The first-order valence-corrected chi connectivity index (χ1v) is 6.44. The first kappa shape index (κ1) is 16.3. The smallest absolute Gasteiger partial charge is 0.232 e. The van der Waals surface area contributed by atoms with Crippen LogP contribution in [0.25, 0.3) is 0 Å². The summed E-state index contributed by atoms with van der Waals surface area (Å²) in [6.07, 6.45) is 0.575. The molecular formula is C12H24N2O2S. The molecular weight excluding hydrogens is 236 g/mol. The van der Waals surface area contributed by atoms with Gasteiger partial charge in [-0.3, -0.25) is 4.79 Å². The number of nitrogens with two attached hydrogens (primary N) is 1. The number of aliphatic hydroxyl groups is 1. The van der Waals surface area contributed by atoms with Gasteiger partial charge >= 0.3 is 0 Å². The predicted molar refractivity (Wildman–Crippen MR) is 73.7 cm³/mol. The van der Waals surface area contributed by atoms with Gasteiger partial charge in [-0.25, -0.2) is 0 Å². The summed E-state index contributed by atoms with van der Waals surface area (Å²) < 4.78 is 0. The average molecular weight is 260 g/mol. The lowest BCUT2D eigenvalue weighted by Gasteiger charge is -2.31. The molecule has 0 rings (SSSR count). The zero-order chi connectivity index (χ0) is 13.6. The van der Waals surface area contributed by atoms with Crippen LogP contribution in [0.4, 0.5) is 0 Å². The Morgan fingerprint density at radius 1 is 1.35 bits per heavy atom. The van der Waals surface area contributed by atoms with E-state index < -0.39 is 5.92 Å². The second-order valence-corrected chi connectivity index (χ2v) is 5.30. The van der Waals surface area contributed by atoms with Gasteiger partial charge in [0.05, 0.1) is 10.9 Å². The quantitative estimate of drug-likeness (QED) is 0.674. The van der Waals surface area contributed by atoms with Gasteiger partial charge in [-0.2, -0.15) is 0 Å². The third-order valence-corrected chi connectivity index (χ3v) is 2.96. The molecule has 1 amide bonds. The van der Waals surface area contributed by atoms with Gasteiger partial charge in [0, 0.05) is 19.2 Å². The minimum atomic E-state index is -0.411. The maximum Gasteiger partial charge on any atom is 0.232 e. The molecule has 5 heteroatoms. The molecule has 0 bridgehead atoms. The van der Waals surface area contributed by atoms with Crippen LogP contribution in [0.2, 0.25) is 0 Å². The lowest BCUT2D eigenvalue weighted by molar-refractivity contribution is -0.136. The molecule has 0 aliphatic carbocycles. The second kappa shape index (κ2) is 7.61. The normalized spacial score (nSPS) is 12.9. The molecule has 0 saturated carbocycles. The van der Waals surface area contributed by atoms with E-state index in [0.717, 1.165) is 0 Å². The molecule has 4 nitrogen and oxygen atoms in total. The van der Waals surface area contributed by atoms with Crippen LogP contribution in [-0.4, -0.2) is 40.1 Å².